The third-order valence-electron chi connectivity index (χ3n) is 3.93. The quantitative estimate of drug-likeness (QED) is 0.544. The van der Waals surface area contributed by atoms with Gasteiger partial charge >= 0.3 is 0 Å². The molecule has 6 heteroatoms. The second-order valence-electron chi connectivity index (χ2n) is 5.74. The predicted octanol–water partition coefficient (Wildman–Crippen LogP) is 3.29. The summed E-state index contributed by atoms with van der Waals surface area (Å²) in [5, 5.41) is 17.7. The van der Waals surface area contributed by atoms with E-state index >= 15 is 0 Å². The Hall–Kier alpha value is -3.28. The minimum absolute atomic E-state index is 0.731. The molecule has 0 N–H and O–H groups in total. The summed E-state index contributed by atoms with van der Waals surface area (Å²) < 4.78 is 0. The molecule has 0 aliphatic rings. The fourth-order valence-electron chi connectivity index (χ4n) is 2.65. The molecule has 0 atom stereocenters. The highest BCUT2D eigenvalue weighted by molar-refractivity contribution is 5.57. The van der Waals surface area contributed by atoms with E-state index in [1.807, 2.05) is 60.7 Å². The van der Waals surface area contributed by atoms with Gasteiger partial charge in [-0.2, -0.15) is 30.0 Å². The SMILES string of the molecule is c1ccc(-c2cnn(CCCn3ncc(-c4ccccc4)n3)n2)cc1. The van der Waals surface area contributed by atoms with Gasteiger partial charge in [0, 0.05) is 11.1 Å². The molecule has 6 nitrogen and oxygen atoms in total. The summed E-state index contributed by atoms with van der Waals surface area (Å²) in [6.07, 6.45) is 4.47. The number of hydrogen-bond donors (Lipinski definition) is 0. The van der Waals surface area contributed by atoms with Gasteiger partial charge in [0.1, 0.15) is 11.4 Å². The molecule has 2 aromatic heterocycles. The van der Waals surface area contributed by atoms with Crippen LogP contribution in [0.1, 0.15) is 6.42 Å². The molecule has 25 heavy (non-hydrogen) atoms. The molecule has 0 bridgehead atoms. The zero-order chi connectivity index (χ0) is 16.9. The summed E-state index contributed by atoms with van der Waals surface area (Å²) in [5.74, 6) is 0. The van der Waals surface area contributed by atoms with Crippen LogP contribution in [0.4, 0.5) is 0 Å². The molecule has 4 aromatic rings. The fraction of sp³-hybridized carbons (Fsp3) is 0.158. The highest BCUT2D eigenvalue weighted by Gasteiger charge is 2.05. The lowest BCUT2D eigenvalue weighted by Gasteiger charge is -2.00. The number of aryl methyl sites for hydroxylation is 2. The van der Waals surface area contributed by atoms with Gasteiger partial charge in [0.2, 0.25) is 0 Å². The molecule has 0 fully saturated rings. The van der Waals surface area contributed by atoms with Crippen LogP contribution in [-0.2, 0) is 13.1 Å². The van der Waals surface area contributed by atoms with Crippen LogP contribution in [0.25, 0.3) is 22.5 Å². The van der Waals surface area contributed by atoms with Crippen LogP contribution < -0.4 is 0 Å². The lowest BCUT2D eigenvalue weighted by molar-refractivity contribution is 0.439. The summed E-state index contributed by atoms with van der Waals surface area (Å²) in [5.41, 5.74) is 3.94. The number of rotatable bonds is 6. The monoisotopic (exact) mass is 330 g/mol. The van der Waals surface area contributed by atoms with Crippen LogP contribution in [0.3, 0.4) is 0 Å². The van der Waals surface area contributed by atoms with Crippen molar-refractivity contribution in [3.05, 3.63) is 73.1 Å². The van der Waals surface area contributed by atoms with Crippen molar-refractivity contribution in [2.75, 3.05) is 0 Å². The van der Waals surface area contributed by atoms with E-state index in [9.17, 15) is 0 Å². The van der Waals surface area contributed by atoms with Crippen molar-refractivity contribution in [3.63, 3.8) is 0 Å². The van der Waals surface area contributed by atoms with Crippen molar-refractivity contribution in [3.8, 4) is 22.5 Å². The summed E-state index contributed by atoms with van der Waals surface area (Å²) in [6.45, 7) is 1.46. The number of nitrogens with zero attached hydrogens (tertiary/aromatic N) is 6. The van der Waals surface area contributed by atoms with E-state index in [1.165, 1.54) is 0 Å². The first-order valence-corrected chi connectivity index (χ1v) is 8.29. The van der Waals surface area contributed by atoms with Gasteiger partial charge in [0.05, 0.1) is 25.5 Å². The predicted molar refractivity (Wildman–Crippen MR) is 95.5 cm³/mol. The average Bonchev–Trinajstić information content (AvgIpc) is 3.33. The minimum Gasteiger partial charge on any atom is -0.184 e. The molecular formula is C19H18N6. The Morgan fingerprint density at radius 1 is 0.600 bits per heavy atom. The molecule has 0 saturated carbocycles. The molecule has 124 valence electrons. The van der Waals surface area contributed by atoms with Crippen LogP contribution in [0.2, 0.25) is 0 Å². The molecule has 4 rings (SSSR count). The van der Waals surface area contributed by atoms with Crippen LogP contribution >= 0.6 is 0 Å². The van der Waals surface area contributed by atoms with Gasteiger partial charge in [-0.1, -0.05) is 60.7 Å². The van der Waals surface area contributed by atoms with E-state index in [-0.39, 0.29) is 0 Å². The Balaban J connectivity index is 1.34. The zero-order valence-corrected chi connectivity index (χ0v) is 13.7. The topological polar surface area (TPSA) is 61.4 Å². The Morgan fingerprint density at radius 2 is 1.04 bits per heavy atom. The Morgan fingerprint density at radius 3 is 1.48 bits per heavy atom. The number of aromatic nitrogens is 6. The van der Waals surface area contributed by atoms with Crippen LogP contribution in [0.15, 0.2) is 73.1 Å². The first kappa shape index (κ1) is 15.3. The standard InChI is InChI=1S/C19H18N6/c1-3-8-16(9-4-1)18-14-20-24(22-18)12-7-13-25-21-15-19(23-25)17-10-5-2-6-11-17/h1-6,8-11,14-15H,7,12-13H2. The summed E-state index contributed by atoms with van der Waals surface area (Å²) in [7, 11) is 0. The minimum atomic E-state index is 0.731. The van der Waals surface area contributed by atoms with Gasteiger partial charge in [-0.25, -0.2) is 0 Å². The summed E-state index contributed by atoms with van der Waals surface area (Å²) in [4.78, 5) is 3.45. The second kappa shape index (κ2) is 7.09. The first-order chi connectivity index (χ1) is 12.4. The number of hydrogen-bond acceptors (Lipinski definition) is 4. The maximum Gasteiger partial charge on any atom is 0.113 e. The van der Waals surface area contributed by atoms with Crippen molar-refractivity contribution >= 4 is 0 Å². The summed E-state index contributed by atoms with van der Waals surface area (Å²) >= 11 is 0. The van der Waals surface area contributed by atoms with Gasteiger partial charge < -0.3 is 0 Å². The van der Waals surface area contributed by atoms with Crippen LogP contribution in [0.5, 0.6) is 0 Å². The van der Waals surface area contributed by atoms with Crippen LogP contribution in [-0.4, -0.2) is 30.0 Å². The molecule has 0 radical (unpaired) electrons. The molecular weight excluding hydrogens is 312 g/mol. The Bertz CT molecular complexity index is 849. The smallest absolute Gasteiger partial charge is 0.113 e. The van der Waals surface area contributed by atoms with E-state index in [0.29, 0.717) is 0 Å². The lowest BCUT2D eigenvalue weighted by atomic mass is 10.2. The van der Waals surface area contributed by atoms with Gasteiger partial charge in [0.25, 0.3) is 0 Å². The molecule has 0 aliphatic heterocycles. The highest BCUT2D eigenvalue weighted by atomic mass is 15.5. The number of benzene rings is 2. The molecule has 2 heterocycles. The van der Waals surface area contributed by atoms with E-state index in [1.54, 1.807) is 22.0 Å². The molecule has 0 saturated heterocycles. The fourth-order valence-corrected chi connectivity index (χ4v) is 2.65. The normalized spacial score (nSPS) is 10.9. The van der Waals surface area contributed by atoms with Gasteiger partial charge in [-0.3, -0.25) is 0 Å². The van der Waals surface area contributed by atoms with Crippen molar-refractivity contribution < 1.29 is 0 Å². The Labute approximate surface area is 145 Å². The van der Waals surface area contributed by atoms with Crippen molar-refractivity contribution in [2.24, 2.45) is 0 Å². The largest absolute Gasteiger partial charge is 0.184 e. The molecule has 0 unspecified atom stereocenters. The van der Waals surface area contributed by atoms with Crippen LogP contribution in [0, 0.1) is 0 Å². The van der Waals surface area contributed by atoms with E-state index < -0.39 is 0 Å². The van der Waals surface area contributed by atoms with Gasteiger partial charge in [-0.05, 0) is 6.42 Å². The van der Waals surface area contributed by atoms with E-state index in [4.69, 9.17) is 0 Å². The zero-order valence-electron chi connectivity index (χ0n) is 13.7. The third kappa shape index (κ3) is 3.63. The van der Waals surface area contributed by atoms with Crippen molar-refractivity contribution in [1.29, 1.82) is 0 Å². The average molecular weight is 330 g/mol. The van der Waals surface area contributed by atoms with Gasteiger partial charge in [-0.15, -0.1) is 0 Å². The first-order valence-electron chi connectivity index (χ1n) is 8.29. The molecule has 0 aliphatic carbocycles. The second-order valence-corrected chi connectivity index (χ2v) is 5.74. The van der Waals surface area contributed by atoms with Crippen molar-refractivity contribution in [1.82, 2.24) is 30.0 Å². The molecule has 2 aromatic carbocycles. The third-order valence-corrected chi connectivity index (χ3v) is 3.93. The maximum absolute atomic E-state index is 4.52. The lowest BCUT2D eigenvalue weighted by Crippen LogP contribution is -2.08. The molecule has 0 amide bonds. The highest BCUT2D eigenvalue weighted by Crippen LogP contribution is 2.15. The van der Waals surface area contributed by atoms with Crippen molar-refractivity contribution in [2.45, 2.75) is 19.5 Å². The molecule has 0 spiro atoms. The maximum atomic E-state index is 4.52. The Kier molecular flexibility index (Phi) is 4.33. The van der Waals surface area contributed by atoms with E-state index in [0.717, 1.165) is 42.0 Å². The van der Waals surface area contributed by atoms with Gasteiger partial charge in [0.15, 0.2) is 0 Å². The summed E-state index contributed by atoms with van der Waals surface area (Å²) in [6, 6.07) is 20.1. The van der Waals surface area contributed by atoms with E-state index in [2.05, 4.69) is 20.4 Å².